The van der Waals surface area contributed by atoms with Crippen LogP contribution in [-0.4, -0.2) is 30.1 Å². The summed E-state index contributed by atoms with van der Waals surface area (Å²) in [5, 5.41) is 6.73. The van der Waals surface area contributed by atoms with Gasteiger partial charge in [-0.2, -0.15) is 0 Å². The minimum Gasteiger partial charge on any atom is -0.382 e. The van der Waals surface area contributed by atoms with Crippen molar-refractivity contribution in [3.05, 3.63) is 52.8 Å². The zero-order valence-electron chi connectivity index (χ0n) is 13.5. The fourth-order valence-corrected chi connectivity index (χ4v) is 2.75. The second kappa shape index (κ2) is 7.64. The van der Waals surface area contributed by atoms with Crippen LogP contribution in [0.5, 0.6) is 0 Å². The lowest BCUT2D eigenvalue weighted by Crippen LogP contribution is -2.19. The molecule has 2 N–H and O–H groups in total. The van der Waals surface area contributed by atoms with Crippen molar-refractivity contribution in [2.75, 3.05) is 23.8 Å². The zero-order chi connectivity index (χ0) is 16.9. The van der Waals surface area contributed by atoms with E-state index in [-0.39, 0.29) is 12.0 Å². The van der Waals surface area contributed by atoms with E-state index in [0.717, 1.165) is 37.2 Å². The summed E-state index contributed by atoms with van der Waals surface area (Å²) in [7, 11) is 0. The number of nitrogens with zero attached hydrogens (tertiary/aromatic N) is 1. The topological polar surface area (TPSA) is 63.2 Å². The maximum absolute atomic E-state index is 12.4. The van der Waals surface area contributed by atoms with Crippen LogP contribution in [0.3, 0.4) is 0 Å². The number of amides is 1. The molecule has 6 heteroatoms. The predicted molar refractivity (Wildman–Crippen MR) is 95.8 cm³/mol. The lowest BCUT2D eigenvalue weighted by Gasteiger charge is -2.12. The van der Waals surface area contributed by atoms with Gasteiger partial charge in [0.25, 0.3) is 5.91 Å². The third kappa shape index (κ3) is 4.24. The Labute approximate surface area is 146 Å². The number of carbonyl (C=O) groups is 1. The van der Waals surface area contributed by atoms with Gasteiger partial charge in [-0.15, -0.1) is 0 Å². The van der Waals surface area contributed by atoms with Gasteiger partial charge in [0.05, 0.1) is 6.10 Å². The third-order valence-electron chi connectivity index (χ3n) is 3.98. The van der Waals surface area contributed by atoms with Crippen LogP contribution in [0, 0.1) is 6.92 Å². The molecular formula is C18H20ClN3O2. The van der Waals surface area contributed by atoms with Gasteiger partial charge in [0.2, 0.25) is 0 Å². The van der Waals surface area contributed by atoms with Crippen LogP contribution in [0.25, 0.3) is 0 Å². The van der Waals surface area contributed by atoms with Crippen molar-refractivity contribution in [1.29, 1.82) is 0 Å². The molecular weight excluding hydrogens is 326 g/mol. The molecule has 1 aromatic carbocycles. The van der Waals surface area contributed by atoms with Crippen LogP contribution in [0.4, 0.5) is 11.4 Å². The number of carbonyl (C=O) groups excluding carboxylic acids is 1. The number of ether oxygens (including phenoxy) is 1. The first kappa shape index (κ1) is 16.7. The van der Waals surface area contributed by atoms with Crippen molar-refractivity contribution >= 4 is 28.9 Å². The lowest BCUT2D eigenvalue weighted by atomic mass is 10.2. The van der Waals surface area contributed by atoms with E-state index >= 15 is 0 Å². The molecule has 1 unspecified atom stereocenters. The SMILES string of the molecule is Cc1ccc(NC(=O)c2cc(NCC3CCCO3)ccn2)cc1Cl. The largest absolute Gasteiger partial charge is 0.382 e. The van der Waals surface area contributed by atoms with E-state index in [1.807, 2.05) is 25.1 Å². The highest BCUT2D eigenvalue weighted by molar-refractivity contribution is 6.31. The summed E-state index contributed by atoms with van der Waals surface area (Å²) in [6, 6.07) is 8.99. The minimum absolute atomic E-state index is 0.241. The standard InChI is InChI=1S/C18H20ClN3O2/c1-12-4-5-14(9-16(12)19)22-18(23)17-10-13(6-7-20-17)21-11-15-3-2-8-24-15/h4-7,9-10,15H,2-3,8,11H2,1H3,(H,20,21)(H,22,23). The summed E-state index contributed by atoms with van der Waals surface area (Å²) in [5.74, 6) is -0.268. The monoisotopic (exact) mass is 345 g/mol. The van der Waals surface area contributed by atoms with Gasteiger partial charge in [0.15, 0.2) is 0 Å². The van der Waals surface area contributed by atoms with Gasteiger partial charge in [-0.3, -0.25) is 9.78 Å². The molecule has 0 radical (unpaired) electrons. The molecule has 0 bridgehead atoms. The van der Waals surface area contributed by atoms with E-state index in [0.29, 0.717) is 16.4 Å². The number of aryl methyl sites for hydroxylation is 1. The van der Waals surface area contributed by atoms with E-state index < -0.39 is 0 Å². The van der Waals surface area contributed by atoms with Crippen LogP contribution >= 0.6 is 11.6 Å². The Kier molecular flexibility index (Phi) is 5.33. The number of hydrogen-bond donors (Lipinski definition) is 2. The molecule has 1 fully saturated rings. The highest BCUT2D eigenvalue weighted by Crippen LogP contribution is 2.21. The second-order valence-electron chi connectivity index (χ2n) is 5.86. The van der Waals surface area contributed by atoms with Gasteiger partial charge in [-0.05, 0) is 49.6 Å². The summed E-state index contributed by atoms with van der Waals surface area (Å²) >= 11 is 6.08. The van der Waals surface area contributed by atoms with Crippen molar-refractivity contribution in [1.82, 2.24) is 4.98 Å². The van der Waals surface area contributed by atoms with Gasteiger partial charge in [0, 0.05) is 35.7 Å². The van der Waals surface area contributed by atoms with Crippen molar-refractivity contribution in [3.8, 4) is 0 Å². The highest BCUT2D eigenvalue weighted by atomic mass is 35.5. The van der Waals surface area contributed by atoms with Gasteiger partial charge in [-0.25, -0.2) is 0 Å². The number of hydrogen-bond acceptors (Lipinski definition) is 4. The van der Waals surface area contributed by atoms with Crippen LogP contribution in [0.2, 0.25) is 5.02 Å². The molecule has 0 aliphatic carbocycles. The first-order valence-corrected chi connectivity index (χ1v) is 8.38. The van der Waals surface area contributed by atoms with Crippen LogP contribution in [-0.2, 0) is 4.74 Å². The van der Waals surface area contributed by atoms with Crippen molar-refractivity contribution in [3.63, 3.8) is 0 Å². The molecule has 0 saturated carbocycles. The Morgan fingerprint density at radius 3 is 2.96 bits per heavy atom. The molecule has 24 heavy (non-hydrogen) atoms. The fraction of sp³-hybridized carbons (Fsp3) is 0.333. The van der Waals surface area contributed by atoms with Crippen molar-refractivity contribution in [2.45, 2.75) is 25.9 Å². The first-order valence-electron chi connectivity index (χ1n) is 8.01. The highest BCUT2D eigenvalue weighted by Gasteiger charge is 2.15. The number of benzene rings is 1. The minimum atomic E-state index is -0.268. The maximum atomic E-state index is 12.4. The maximum Gasteiger partial charge on any atom is 0.274 e. The summed E-state index contributed by atoms with van der Waals surface area (Å²) in [6.45, 7) is 3.48. The summed E-state index contributed by atoms with van der Waals surface area (Å²) in [6.07, 6.45) is 4.04. The Hall–Kier alpha value is -2.11. The van der Waals surface area contributed by atoms with Gasteiger partial charge in [-0.1, -0.05) is 17.7 Å². The average molecular weight is 346 g/mol. The molecule has 3 rings (SSSR count). The van der Waals surface area contributed by atoms with Crippen molar-refractivity contribution in [2.24, 2.45) is 0 Å². The predicted octanol–water partition coefficient (Wildman–Crippen LogP) is 3.89. The Balaban J connectivity index is 1.63. The van der Waals surface area contributed by atoms with Crippen molar-refractivity contribution < 1.29 is 9.53 Å². The van der Waals surface area contributed by atoms with Crippen LogP contribution in [0.15, 0.2) is 36.5 Å². The summed E-state index contributed by atoms with van der Waals surface area (Å²) in [5.41, 5.74) is 2.82. The molecule has 1 atom stereocenters. The molecule has 0 spiro atoms. The number of nitrogens with one attached hydrogen (secondary N) is 2. The normalized spacial score (nSPS) is 16.8. The molecule has 1 aromatic heterocycles. The number of anilines is 2. The molecule has 2 aromatic rings. The Morgan fingerprint density at radius 2 is 2.21 bits per heavy atom. The number of rotatable bonds is 5. The molecule has 126 valence electrons. The third-order valence-corrected chi connectivity index (χ3v) is 4.39. The molecule has 1 amide bonds. The zero-order valence-corrected chi connectivity index (χ0v) is 14.3. The number of aromatic nitrogens is 1. The van der Waals surface area contributed by atoms with E-state index in [2.05, 4.69) is 15.6 Å². The molecule has 1 aliphatic rings. The fourth-order valence-electron chi connectivity index (χ4n) is 2.57. The molecule has 1 aliphatic heterocycles. The Morgan fingerprint density at radius 1 is 1.33 bits per heavy atom. The summed E-state index contributed by atoms with van der Waals surface area (Å²) < 4.78 is 5.58. The number of halogens is 1. The summed E-state index contributed by atoms with van der Waals surface area (Å²) in [4.78, 5) is 16.5. The molecule has 5 nitrogen and oxygen atoms in total. The van der Waals surface area contributed by atoms with Gasteiger partial charge < -0.3 is 15.4 Å². The van der Waals surface area contributed by atoms with E-state index in [1.54, 1.807) is 18.3 Å². The number of pyridine rings is 1. The molecule has 2 heterocycles. The lowest BCUT2D eigenvalue weighted by molar-refractivity contribution is 0.102. The average Bonchev–Trinajstić information content (AvgIpc) is 3.10. The van der Waals surface area contributed by atoms with Crippen LogP contribution < -0.4 is 10.6 Å². The van der Waals surface area contributed by atoms with Crippen LogP contribution in [0.1, 0.15) is 28.9 Å². The second-order valence-corrected chi connectivity index (χ2v) is 6.27. The van der Waals surface area contributed by atoms with Gasteiger partial charge >= 0.3 is 0 Å². The first-order chi connectivity index (χ1) is 11.6. The van der Waals surface area contributed by atoms with Gasteiger partial charge in [0.1, 0.15) is 5.69 Å². The smallest absolute Gasteiger partial charge is 0.274 e. The Bertz CT molecular complexity index is 730. The quantitative estimate of drug-likeness (QED) is 0.863. The van der Waals surface area contributed by atoms with E-state index in [9.17, 15) is 4.79 Å². The molecule has 1 saturated heterocycles. The van der Waals surface area contributed by atoms with E-state index in [4.69, 9.17) is 16.3 Å². The van der Waals surface area contributed by atoms with E-state index in [1.165, 1.54) is 0 Å².